The molecule has 16 heavy (non-hydrogen) atoms. The van der Waals surface area contributed by atoms with Gasteiger partial charge >= 0.3 is 0 Å². The van der Waals surface area contributed by atoms with Gasteiger partial charge in [-0.1, -0.05) is 0 Å². The molecule has 0 bridgehead atoms. The van der Waals surface area contributed by atoms with Crippen LogP contribution in [0.3, 0.4) is 0 Å². The van der Waals surface area contributed by atoms with Crippen LogP contribution in [0.15, 0.2) is 30.7 Å². The van der Waals surface area contributed by atoms with Gasteiger partial charge in [-0.2, -0.15) is 5.10 Å². The van der Waals surface area contributed by atoms with Crippen molar-refractivity contribution in [3.63, 3.8) is 0 Å². The third kappa shape index (κ3) is 2.73. The molecule has 2 rings (SSSR count). The molecule has 0 radical (unpaired) electrons. The van der Waals surface area contributed by atoms with Crippen LogP contribution in [0, 0.1) is 6.92 Å². The Morgan fingerprint density at radius 1 is 1.50 bits per heavy atom. The third-order valence-corrected chi connectivity index (χ3v) is 2.22. The summed E-state index contributed by atoms with van der Waals surface area (Å²) in [4.78, 5) is 4.14. The van der Waals surface area contributed by atoms with Crippen LogP contribution in [0.1, 0.15) is 5.69 Å². The normalized spacial score (nSPS) is 10.3. The molecule has 2 aromatic rings. The second-order valence-electron chi connectivity index (χ2n) is 3.65. The highest BCUT2D eigenvalue weighted by Crippen LogP contribution is 2.06. The van der Waals surface area contributed by atoms with Crippen LogP contribution in [0.2, 0.25) is 0 Å². The van der Waals surface area contributed by atoms with Gasteiger partial charge in [0.15, 0.2) is 0 Å². The molecule has 0 aliphatic carbocycles. The number of hydrogen-bond donors (Lipinski definition) is 2. The molecule has 5 heteroatoms. The Balaban J connectivity index is 1.84. The van der Waals surface area contributed by atoms with Crippen molar-refractivity contribution < 1.29 is 0 Å². The summed E-state index contributed by atoms with van der Waals surface area (Å²) in [6.07, 6.45) is 5.26. The average Bonchev–Trinajstić information content (AvgIpc) is 2.64. The molecule has 2 aromatic heterocycles. The van der Waals surface area contributed by atoms with Crippen LogP contribution in [0.4, 0.5) is 11.4 Å². The second-order valence-corrected chi connectivity index (χ2v) is 3.65. The minimum absolute atomic E-state index is 0.694. The Bertz CT molecular complexity index is 463. The minimum atomic E-state index is 0.694. The van der Waals surface area contributed by atoms with E-state index >= 15 is 0 Å². The Labute approximate surface area is 94.3 Å². The number of aromatic nitrogens is 3. The van der Waals surface area contributed by atoms with Crippen molar-refractivity contribution in [3.05, 3.63) is 36.4 Å². The van der Waals surface area contributed by atoms with Gasteiger partial charge in [-0.25, -0.2) is 0 Å². The fraction of sp³-hybridized carbons (Fsp3) is 0.273. The zero-order valence-corrected chi connectivity index (χ0v) is 9.22. The van der Waals surface area contributed by atoms with Gasteiger partial charge in [0.25, 0.3) is 0 Å². The van der Waals surface area contributed by atoms with Crippen LogP contribution in [0.25, 0.3) is 0 Å². The molecular formula is C11H15N5. The molecular weight excluding hydrogens is 202 g/mol. The van der Waals surface area contributed by atoms with E-state index in [1.165, 1.54) is 0 Å². The van der Waals surface area contributed by atoms with Crippen LogP contribution >= 0.6 is 0 Å². The summed E-state index contributed by atoms with van der Waals surface area (Å²) in [6.45, 7) is 3.57. The molecule has 0 saturated heterocycles. The van der Waals surface area contributed by atoms with E-state index in [4.69, 9.17) is 5.73 Å². The van der Waals surface area contributed by atoms with E-state index in [-0.39, 0.29) is 0 Å². The van der Waals surface area contributed by atoms with E-state index in [0.29, 0.717) is 5.69 Å². The molecule has 5 nitrogen and oxygen atoms in total. The van der Waals surface area contributed by atoms with Gasteiger partial charge in [-0.3, -0.25) is 9.67 Å². The Hall–Kier alpha value is -2.04. The Morgan fingerprint density at radius 3 is 3.06 bits per heavy atom. The molecule has 0 spiro atoms. The van der Waals surface area contributed by atoms with E-state index in [9.17, 15) is 0 Å². The number of hydrogen-bond acceptors (Lipinski definition) is 4. The first kappa shape index (κ1) is 10.5. The first-order chi connectivity index (χ1) is 7.74. The van der Waals surface area contributed by atoms with Crippen LogP contribution in [0.5, 0.6) is 0 Å². The van der Waals surface area contributed by atoms with Crippen molar-refractivity contribution in [3.8, 4) is 0 Å². The van der Waals surface area contributed by atoms with Crippen molar-refractivity contribution in [1.82, 2.24) is 14.8 Å². The molecule has 0 fully saturated rings. The fourth-order valence-corrected chi connectivity index (χ4v) is 1.47. The number of nitrogens with one attached hydrogen (secondary N) is 1. The summed E-state index contributed by atoms with van der Waals surface area (Å²) >= 11 is 0. The van der Waals surface area contributed by atoms with Gasteiger partial charge in [0.1, 0.15) is 0 Å². The van der Waals surface area contributed by atoms with Gasteiger partial charge < -0.3 is 11.1 Å². The highest BCUT2D eigenvalue weighted by Gasteiger charge is 1.95. The molecule has 0 atom stereocenters. The lowest BCUT2D eigenvalue weighted by Gasteiger charge is -2.06. The quantitative estimate of drug-likeness (QED) is 0.809. The molecule has 0 aromatic carbocycles. The first-order valence-corrected chi connectivity index (χ1v) is 5.18. The number of pyridine rings is 1. The van der Waals surface area contributed by atoms with Crippen LogP contribution < -0.4 is 11.1 Å². The lowest BCUT2D eigenvalue weighted by molar-refractivity contribution is 0.638. The van der Waals surface area contributed by atoms with E-state index in [0.717, 1.165) is 24.5 Å². The van der Waals surface area contributed by atoms with Gasteiger partial charge in [0, 0.05) is 30.3 Å². The van der Waals surface area contributed by atoms with E-state index in [1.54, 1.807) is 12.4 Å². The minimum Gasteiger partial charge on any atom is -0.396 e. The number of nitrogens with two attached hydrogens (primary N) is 1. The smallest absolute Gasteiger partial charge is 0.0719 e. The zero-order chi connectivity index (χ0) is 11.4. The largest absolute Gasteiger partial charge is 0.396 e. The molecule has 0 saturated carbocycles. The van der Waals surface area contributed by atoms with Crippen molar-refractivity contribution in [2.24, 2.45) is 0 Å². The molecule has 0 aliphatic heterocycles. The molecule has 2 heterocycles. The van der Waals surface area contributed by atoms with Gasteiger partial charge in [0.05, 0.1) is 18.4 Å². The Morgan fingerprint density at radius 2 is 2.38 bits per heavy atom. The van der Waals surface area contributed by atoms with E-state index in [1.807, 2.05) is 29.9 Å². The van der Waals surface area contributed by atoms with Crippen LogP contribution in [-0.4, -0.2) is 21.3 Å². The predicted molar refractivity (Wildman–Crippen MR) is 64.1 cm³/mol. The summed E-state index contributed by atoms with van der Waals surface area (Å²) in [6, 6.07) is 3.96. The average molecular weight is 217 g/mol. The van der Waals surface area contributed by atoms with E-state index < -0.39 is 0 Å². The lowest BCUT2D eigenvalue weighted by Crippen LogP contribution is -2.10. The maximum absolute atomic E-state index is 5.57. The van der Waals surface area contributed by atoms with Gasteiger partial charge in [-0.05, 0) is 19.1 Å². The topological polar surface area (TPSA) is 68.8 Å². The standard InChI is InChI=1S/C11H15N5/c1-9-6-11(2-3-13-9)14-4-5-16-8-10(12)7-15-16/h2-3,6-8H,4-5,12H2,1H3,(H,13,14). The molecule has 0 unspecified atom stereocenters. The van der Waals surface area contributed by atoms with Crippen molar-refractivity contribution in [2.45, 2.75) is 13.5 Å². The summed E-state index contributed by atoms with van der Waals surface area (Å²) < 4.78 is 1.82. The number of anilines is 2. The van der Waals surface area contributed by atoms with E-state index in [2.05, 4.69) is 15.4 Å². The Kier molecular flexibility index (Phi) is 3.05. The number of nitrogens with zero attached hydrogens (tertiary/aromatic N) is 3. The van der Waals surface area contributed by atoms with Gasteiger partial charge in [0.2, 0.25) is 0 Å². The monoisotopic (exact) mass is 217 g/mol. The van der Waals surface area contributed by atoms with Crippen molar-refractivity contribution in [1.29, 1.82) is 0 Å². The van der Waals surface area contributed by atoms with Crippen molar-refractivity contribution in [2.75, 3.05) is 17.6 Å². The zero-order valence-electron chi connectivity index (χ0n) is 9.22. The highest BCUT2D eigenvalue weighted by atomic mass is 15.3. The SMILES string of the molecule is Cc1cc(NCCn2cc(N)cn2)ccn1. The summed E-state index contributed by atoms with van der Waals surface area (Å²) in [5.41, 5.74) is 8.35. The number of aryl methyl sites for hydroxylation is 1. The summed E-state index contributed by atoms with van der Waals surface area (Å²) in [5.74, 6) is 0. The first-order valence-electron chi connectivity index (χ1n) is 5.18. The number of nitrogen functional groups attached to an aromatic ring is 1. The van der Waals surface area contributed by atoms with Gasteiger partial charge in [-0.15, -0.1) is 0 Å². The summed E-state index contributed by atoms with van der Waals surface area (Å²) in [5, 5.41) is 7.41. The maximum Gasteiger partial charge on any atom is 0.0719 e. The van der Waals surface area contributed by atoms with Crippen molar-refractivity contribution >= 4 is 11.4 Å². The summed E-state index contributed by atoms with van der Waals surface area (Å²) in [7, 11) is 0. The molecule has 0 amide bonds. The fourth-order valence-electron chi connectivity index (χ4n) is 1.47. The number of rotatable bonds is 4. The van der Waals surface area contributed by atoms with Crippen LogP contribution in [-0.2, 0) is 6.54 Å². The molecule has 84 valence electrons. The maximum atomic E-state index is 5.57. The predicted octanol–water partition coefficient (Wildman–Crippen LogP) is 1.28. The second kappa shape index (κ2) is 4.65. The lowest BCUT2D eigenvalue weighted by atomic mass is 10.3. The molecule has 3 N–H and O–H groups in total. The third-order valence-electron chi connectivity index (χ3n) is 2.22. The highest BCUT2D eigenvalue weighted by molar-refractivity contribution is 5.42. The molecule has 0 aliphatic rings.